The van der Waals surface area contributed by atoms with Gasteiger partial charge in [0.05, 0.1) is 6.04 Å². The van der Waals surface area contributed by atoms with Gasteiger partial charge in [-0.15, -0.1) is 0 Å². The van der Waals surface area contributed by atoms with Crippen molar-refractivity contribution >= 4 is 45.0 Å². The molecule has 2 unspecified atom stereocenters. The van der Waals surface area contributed by atoms with Crippen LogP contribution in [0.15, 0.2) is 53.0 Å². The summed E-state index contributed by atoms with van der Waals surface area (Å²) in [6.07, 6.45) is 0.577. The summed E-state index contributed by atoms with van der Waals surface area (Å²) in [5.74, 6) is -2.45. The Bertz CT molecular complexity index is 848. The third-order valence-corrected chi connectivity index (χ3v) is 5.39. The molecule has 1 aliphatic heterocycles. The van der Waals surface area contributed by atoms with Gasteiger partial charge in [-0.25, -0.2) is 0 Å². The van der Waals surface area contributed by atoms with Crippen molar-refractivity contribution in [1.82, 2.24) is 4.90 Å². The zero-order chi connectivity index (χ0) is 18.8. The molecule has 1 fully saturated rings. The predicted molar refractivity (Wildman–Crippen MR) is 103 cm³/mol. The summed E-state index contributed by atoms with van der Waals surface area (Å²) in [7, 11) is 0. The van der Waals surface area contributed by atoms with Crippen LogP contribution >= 0.6 is 27.5 Å². The lowest BCUT2D eigenvalue weighted by Crippen LogP contribution is -2.32. The molecule has 134 valence electrons. The monoisotopic (exact) mass is 433 g/mol. The maximum atomic E-state index is 12.5. The lowest BCUT2D eigenvalue weighted by atomic mass is 9.90. The molecule has 1 aliphatic rings. The Morgan fingerprint density at radius 3 is 2.27 bits per heavy atom. The van der Waals surface area contributed by atoms with E-state index in [4.69, 9.17) is 11.6 Å². The third kappa shape index (κ3) is 3.74. The largest absolute Gasteiger partial charge is 0.328 e. The molecular formula is C20H17BrClNO3. The van der Waals surface area contributed by atoms with Crippen LogP contribution in [0.5, 0.6) is 0 Å². The number of ketones is 2. The first-order chi connectivity index (χ1) is 12.4. The topological polar surface area (TPSA) is 54.5 Å². The van der Waals surface area contributed by atoms with Gasteiger partial charge in [0.25, 0.3) is 5.91 Å². The summed E-state index contributed by atoms with van der Waals surface area (Å²) < 4.78 is 0.893. The van der Waals surface area contributed by atoms with Gasteiger partial charge in [0.1, 0.15) is 11.7 Å². The predicted octanol–water partition coefficient (Wildman–Crippen LogP) is 4.00. The first kappa shape index (κ1) is 18.8. The molecule has 0 spiro atoms. The third-order valence-electron chi connectivity index (χ3n) is 4.61. The van der Waals surface area contributed by atoms with Crippen LogP contribution in [0.3, 0.4) is 0 Å². The highest BCUT2D eigenvalue weighted by molar-refractivity contribution is 9.10. The van der Waals surface area contributed by atoms with Crippen LogP contribution in [-0.4, -0.2) is 28.9 Å². The Kier molecular flexibility index (Phi) is 5.58. The van der Waals surface area contributed by atoms with Gasteiger partial charge in [-0.05, 0) is 48.7 Å². The molecule has 1 saturated heterocycles. The molecule has 0 radical (unpaired) electrons. The van der Waals surface area contributed by atoms with Crippen molar-refractivity contribution < 1.29 is 14.4 Å². The van der Waals surface area contributed by atoms with E-state index in [-0.39, 0.29) is 5.78 Å². The summed E-state index contributed by atoms with van der Waals surface area (Å²) >= 11 is 9.28. The second kappa shape index (κ2) is 7.72. The second-order valence-corrected chi connectivity index (χ2v) is 7.68. The fourth-order valence-corrected chi connectivity index (χ4v) is 3.70. The standard InChI is InChI=1S/C20H17BrClNO3/c1-12(24)17-18(14-4-6-15(21)7-5-14)23(20(26)19(17)25)11-10-13-2-8-16(22)9-3-13/h2-9,17-18H,10-11H2,1H3. The molecule has 0 saturated carbocycles. The van der Waals surface area contributed by atoms with E-state index in [1.807, 2.05) is 36.4 Å². The molecule has 4 nitrogen and oxygen atoms in total. The van der Waals surface area contributed by atoms with Crippen molar-refractivity contribution in [2.24, 2.45) is 5.92 Å². The lowest BCUT2D eigenvalue weighted by Gasteiger charge is -2.27. The van der Waals surface area contributed by atoms with Crippen LogP contribution in [0.4, 0.5) is 0 Å². The van der Waals surface area contributed by atoms with E-state index in [0.717, 1.165) is 15.6 Å². The zero-order valence-electron chi connectivity index (χ0n) is 14.1. The molecule has 6 heteroatoms. The van der Waals surface area contributed by atoms with E-state index in [9.17, 15) is 14.4 Å². The SMILES string of the molecule is CC(=O)C1C(=O)C(=O)N(CCc2ccc(Cl)cc2)C1c1ccc(Br)cc1. The van der Waals surface area contributed by atoms with Crippen molar-refractivity contribution in [2.45, 2.75) is 19.4 Å². The minimum Gasteiger partial charge on any atom is -0.328 e. The highest BCUT2D eigenvalue weighted by atomic mass is 79.9. The fourth-order valence-electron chi connectivity index (χ4n) is 3.30. The van der Waals surface area contributed by atoms with E-state index in [1.165, 1.54) is 11.8 Å². The number of likely N-dealkylation sites (tertiary alicyclic amines) is 1. The van der Waals surface area contributed by atoms with E-state index >= 15 is 0 Å². The molecule has 0 bridgehead atoms. The summed E-state index contributed by atoms with van der Waals surface area (Å²) in [6, 6.07) is 14.2. The molecule has 3 rings (SSSR count). The number of benzene rings is 2. The van der Waals surface area contributed by atoms with Gasteiger partial charge >= 0.3 is 0 Å². The van der Waals surface area contributed by atoms with Crippen LogP contribution in [0.25, 0.3) is 0 Å². The van der Waals surface area contributed by atoms with Crippen LogP contribution in [-0.2, 0) is 20.8 Å². The Hall–Kier alpha value is -1.98. The minimum atomic E-state index is -0.950. The molecule has 2 aromatic rings. The van der Waals surface area contributed by atoms with E-state index in [1.54, 1.807) is 12.1 Å². The average Bonchev–Trinajstić information content (AvgIpc) is 2.86. The van der Waals surface area contributed by atoms with Gasteiger partial charge in [-0.3, -0.25) is 14.4 Å². The molecule has 1 amide bonds. The Morgan fingerprint density at radius 2 is 1.69 bits per heavy atom. The molecule has 26 heavy (non-hydrogen) atoms. The highest BCUT2D eigenvalue weighted by Crippen LogP contribution is 2.37. The van der Waals surface area contributed by atoms with Gasteiger partial charge in [0.15, 0.2) is 0 Å². The molecule has 2 atom stereocenters. The first-order valence-electron chi connectivity index (χ1n) is 8.23. The van der Waals surface area contributed by atoms with E-state index < -0.39 is 23.7 Å². The summed E-state index contributed by atoms with van der Waals surface area (Å²) in [6.45, 7) is 1.72. The molecule has 1 heterocycles. The molecular weight excluding hydrogens is 418 g/mol. The van der Waals surface area contributed by atoms with Crippen LogP contribution in [0.1, 0.15) is 24.1 Å². The average molecular weight is 435 g/mol. The Balaban J connectivity index is 1.90. The normalized spacial score (nSPS) is 19.9. The number of rotatable bonds is 5. The van der Waals surface area contributed by atoms with Crippen molar-refractivity contribution in [1.29, 1.82) is 0 Å². The van der Waals surface area contributed by atoms with Gasteiger partial charge < -0.3 is 4.90 Å². The van der Waals surface area contributed by atoms with Crippen molar-refractivity contribution in [3.05, 3.63) is 69.2 Å². The van der Waals surface area contributed by atoms with Crippen LogP contribution in [0.2, 0.25) is 5.02 Å². The molecule has 0 aliphatic carbocycles. The zero-order valence-corrected chi connectivity index (χ0v) is 16.5. The summed E-state index contributed by atoms with van der Waals surface area (Å²) in [4.78, 5) is 38.6. The number of Topliss-reactive ketones (excluding diaryl/α,β-unsaturated/α-hetero) is 2. The van der Waals surface area contributed by atoms with Gasteiger partial charge in [-0.2, -0.15) is 0 Å². The second-order valence-electron chi connectivity index (χ2n) is 6.32. The maximum absolute atomic E-state index is 12.5. The number of hydrogen-bond donors (Lipinski definition) is 0. The number of halogens is 2. The first-order valence-corrected chi connectivity index (χ1v) is 9.40. The van der Waals surface area contributed by atoms with Crippen molar-refractivity contribution in [3.63, 3.8) is 0 Å². The van der Waals surface area contributed by atoms with Crippen molar-refractivity contribution in [2.75, 3.05) is 6.54 Å². The van der Waals surface area contributed by atoms with Crippen LogP contribution in [0, 0.1) is 5.92 Å². The number of amides is 1. The maximum Gasteiger partial charge on any atom is 0.291 e. The number of carbonyl (C=O) groups is 3. The van der Waals surface area contributed by atoms with Gasteiger partial charge in [0, 0.05) is 16.0 Å². The Labute approximate surface area is 165 Å². The van der Waals surface area contributed by atoms with E-state index in [0.29, 0.717) is 18.0 Å². The number of carbonyl (C=O) groups excluding carboxylic acids is 3. The number of hydrogen-bond acceptors (Lipinski definition) is 3. The van der Waals surface area contributed by atoms with Crippen LogP contribution < -0.4 is 0 Å². The molecule has 0 N–H and O–H groups in total. The minimum absolute atomic E-state index is 0.287. The Morgan fingerprint density at radius 1 is 1.08 bits per heavy atom. The molecule has 2 aromatic carbocycles. The van der Waals surface area contributed by atoms with E-state index in [2.05, 4.69) is 15.9 Å². The fraction of sp³-hybridized carbons (Fsp3) is 0.250. The van der Waals surface area contributed by atoms with Gasteiger partial charge in [-0.1, -0.05) is 51.8 Å². The summed E-state index contributed by atoms with van der Waals surface area (Å²) in [5.41, 5.74) is 1.79. The number of nitrogens with zero attached hydrogens (tertiary/aromatic N) is 1. The molecule has 0 aromatic heterocycles. The summed E-state index contributed by atoms with van der Waals surface area (Å²) in [5, 5.41) is 0.644. The van der Waals surface area contributed by atoms with Gasteiger partial charge in [0.2, 0.25) is 5.78 Å². The smallest absolute Gasteiger partial charge is 0.291 e. The quantitative estimate of drug-likeness (QED) is 0.528. The van der Waals surface area contributed by atoms with Crippen molar-refractivity contribution in [3.8, 4) is 0 Å². The lowest BCUT2D eigenvalue weighted by molar-refractivity contribution is -0.142. The highest BCUT2D eigenvalue weighted by Gasteiger charge is 2.49.